The quantitative estimate of drug-likeness (QED) is 0.774. The predicted molar refractivity (Wildman–Crippen MR) is 57.8 cm³/mol. The number of anilines is 2. The van der Waals surface area contributed by atoms with Crippen LogP contribution in [-0.2, 0) is 0 Å². The Morgan fingerprint density at radius 1 is 1.57 bits per heavy atom. The van der Waals surface area contributed by atoms with Crippen molar-refractivity contribution in [2.45, 2.75) is 6.92 Å². The fourth-order valence-corrected chi connectivity index (χ4v) is 1.88. The van der Waals surface area contributed by atoms with Crippen LogP contribution in [0.25, 0.3) is 0 Å². The smallest absolute Gasteiger partial charge is 0.144 e. The fraction of sp³-hybridized carbons (Fsp3) is 0.400. The summed E-state index contributed by atoms with van der Waals surface area (Å²) in [6.07, 6.45) is 0. The zero-order chi connectivity index (χ0) is 10.1. The molecule has 76 valence electrons. The molecule has 0 amide bonds. The number of hydrogen-bond donors (Lipinski definition) is 1. The van der Waals surface area contributed by atoms with E-state index in [2.05, 4.69) is 17.1 Å². The van der Waals surface area contributed by atoms with Gasteiger partial charge in [-0.2, -0.15) is 0 Å². The normalized spacial score (nSPS) is 14.9. The van der Waals surface area contributed by atoms with E-state index in [4.69, 9.17) is 11.6 Å². The van der Waals surface area contributed by atoms with Crippen LogP contribution in [0.5, 0.6) is 0 Å². The van der Waals surface area contributed by atoms with Gasteiger partial charge in [0.05, 0.1) is 16.4 Å². The summed E-state index contributed by atoms with van der Waals surface area (Å²) in [5.74, 6) is -0.354. The molecule has 0 radical (unpaired) electrons. The van der Waals surface area contributed by atoms with Crippen molar-refractivity contribution in [3.05, 3.63) is 23.0 Å². The molecule has 2 nitrogen and oxygen atoms in total. The molecule has 1 N–H and O–H groups in total. The highest BCUT2D eigenvalue weighted by atomic mass is 35.5. The SMILES string of the molecule is CCN1CCNc2cc(Cl)c(F)cc21. The lowest BCUT2D eigenvalue weighted by Gasteiger charge is -2.31. The first-order chi connectivity index (χ1) is 6.72. The number of nitrogens with zero attached hydrogens (tertiary/aromatic N) is 1. The van der Waals surface area contributed by atoms with Crippen LogP contribution in [0.1, 0.15) is 6.92 Å². The van der Waals surface area contributed by atoms with Crippen molar-refractivity contribution in [1.29, 1.82) is 0 Å². The lowest BCUT2D eigenvalue weighted by atomic mass is 10.2. The summed E-state index contributed by atoms with van der Waals surface area (Å²) in [5.41, 5.74) is 1.82. The third kappa shape index (κ3) is 1.52. The van der Waals surface area contributed by atoms with E-state index in [1.54, 1.807) is 6.07 Å². The van der Waals surface area contributed by atoms with Gasteiger partial charge in [0.2, 0.25) is 0 Å². The first kappa shape index (κ1) is 9.59. The van der Waals surface area contributed by atoms with E-state index < -0.39 is 0 Å². The van der Waals surface area contributed by atoms with Gasteiger partial charge in [-0.15, -0.1) is 0 Å². The van der Waals surface area contributed by atoms with Crippen LogP contribution in [-0.4, -0.2) is 19.6 Å². The van der Waals surface area contributed by atoms with E-state index >= 15 is 0 Å². The van der Waals surface area contributed by atoms with E-state index in [9.17, 15) is 4.39 Å². The monoisotopic (exact) mass is 214 g/mol. The molecule has 0 fully saturated rings. The average molecular weight is 215 g/mol. The Morgan fingerprint density at radius 3 is 3.07 bits per heavy atom. The van der Waals surface area contributed by atoms with E-state index in [1.807, 2.05) is 0 Å². The summed E-state index contributed by atoms with van der Waals surface area (Å²) >= 11 is 5.70. The van der Waals surface area contributed by atoms with Crippen molar-refractivity contribution in [1.82, 2.24) is 0 Å². The van der Waals surface area contributed by atoms with E-state index in [0.717, 1.165) is 31.0 Å². The molecule has 0 aliphatic carbocycles. The molecule has 1 aliphatic heterocycles. The van der Waals surface area contributed by atoms with Crippen LogP contribution < -0.4 is 10.2 Å². The maximum absolute atomic E-state index is 13.2. The molecular weight excluding hydrogens is 203 g/mol. The number of hydrogen-bond acceptors (Lipinski definition) is 2. The maximum Gasteiger partial charge on any atom is 0.144 e. The van der Waals surface area contributed by atoms with E-state index in [0.29, 0.717) is 0 Å². The molecule has 0 unspecified atom stereocenters. The van der Waals surface area contributed by atoms with Gasteiger partial charge < -0.3 is 10.2 Å². The van der Waals surface area contributed by atoms with Crippen LogP contribution in [0.3, 0.4) is 0 Å². The Morgan fingerprint density at radius 2 is 2.36 bits per heavy atom. The molecule has 4 heteroatoms. The number of halogens is 2. The topological polar surface area (TPSA) is 15.3 Å². The van der Waals surface area contributed by atoms with Gasteiger partial charge in [-0.25, -0.2) is 4.39 Å². The van der Waals surface area contributed by atoms with E-state index in [1.165, 1.54) is 6.07 Å². The largest absolute Gasteiger partial charge is 0.382 e. The van der Waals surface area contributed by atoms with Crippen molar-refractivity contribution in [2.24, 2.45) is 0 Å². The van der Waals surface area contributed by atoms with Crippen LogP contribution in [0.15, 0.2) is 12.1 Å². The molecule has 0 bridgehead atoms. The number of fused-ring (bicyclic) bond motifs is 1. The van der Waals surface area contributed by atoms with Gasteiger partial charge >= 0.3 is 0 Å². The molecule has 14 heavy (non-hydrogen) atoms. The second-order valence-electron chi connectivity index (χ2n) is 3.29. The van der Waals surface area contributed by atoms with Gasteiger partial charge in [0.25, 0.3) is 0 Å². The molecule has 0 aromatic heterocycles. The third-order valence-electron chi connectivity index (χ3n) is 2.46. The van der Waals surface area contributed by atoms with Crippen LogP contribution in [0.2, 0.25) is 5.02 Å². The first-order valence-electron chi connectivity index (χ1n) is 4.70. The zero-order valence-electron chi connectivity index (χ0n) is 7.98. The Bertz CT molecular complexity index is 354. The lowest BCUT2D eigenvalue weighted by molar-refractivity contribution is 0.626. The molecule has 0 spiro atoms. The number of benzene rings is 1. The summed E-state index contributed by atoms with van der Waals surface area (Å²) in [6.45, 7) is 4.73. The molecule has 2 rings (SSSR count). The minimum absolute atomic E-state index is 0.175. The van der Waals surface area contributed by atoms with Crippen LogP contribution in [0.4, 0.5) is 15.8 Å². The minimum Gasteiger partial charge on any atom is -0.382 e. The number of likely N-dealkylation sites (N-methyl/N-ethyl adjacent to an activating group) is 1. The third-order valence-corrected chi connectivity index (χ3v) is 2.75. The minimum atomic E-state index is -0.354. The summed E-state index contributed by atoms with van der Waals surface area (Å²) < 4.78 is 13.2. The zero-order valence-corrected chi connectivity index (χ0v) is 8.74. The summed E-state index contributed by atoms with van der Waals surface area (Å²) in [4.78, 5) is 2.13. The Hall–Kier alpha value is -0.960. The standard InChI is InChI=1S/C10H12ClFN2/c1-2-14-4-3-13-9-5-7(11)8(12)6-10(9)14/h5-6,13H,2-4H2,1H3. The van der Waals surface area contributed by atoms with Gasteiger partial charge in [-0.1, -0.05) is 11.6 Å². The van der Waals surface area contributed by atoms with Gasteiger partial charge in [0, 0.05) is 25.7 Å². The first-order valence-corrected chi connectivity index (χ1v) is 5.08. The lowest BCUT2D eigenvalue weighted by Crippen LogP contribution is -2.33. The van der Waals surface area contributed by atoms with E-state index in [-0.39, 0.29) is 10.8 Å². The maximum atomic E-state index is 13.2. The molecule has 1 aromatic rings. The Labute approximate surface area is 87.7 Å². The van der Waals surface area contributed by atoms with Crippen LogP contribution in [0, 0.1) is 5.82 Å². The number of nitrogens with one attached hydrogen (secondary N) is 1. The molecule has 0 saturated heterocycles. The average Bonchev–Trinajstić information content (AvgIpc) is 2.19. The fourth-order valence-electron chi connectivity index (χ4n) is 1.71. The molecule has 1 aromatic carbocycles. The highest BCUT2D eigenvalue weighted by Gasteiger charge is 2.17. The Balaban J connectivity index is 2.47. The molecule has 0 atom stereocenters. The highest BCUT2D eigenvalue weighted by Crippen LogP contribution is 2.33. The van der Waals surface area contributed by atoms with Crippen LogP contribution >= 0.6 is 11.6 Å². The van der Waals surface area contributed by atoms with Crippen molar-refractivity contribution >= 4 is 23.0 Å². The summed E-state index contributed by atoms with van der Waals surface area (Å²) in [6, 6.07) is 3.14. The number of rotatable bonds is 1. The second kappa shape index (κ2) is 3.65. The van der Waals surface area contributed by atoms with Crippen molar-refractivity contribution in [2.75, 3.05) is 29.9 Å². The van der Waals surface area contributed by atoms with Gasteiger partial charge in [-0.3, -0.25) is 0 Å². The van der Waals surface area contributed by atoms with Gasteiger partial charge in [0.15, 0.2) is 0 Å². The van der Waals surface area contributed by atoms with Crippen molar-refractivity contribution < 1.29 is 4.39 Å². The van der Waals surface area contributed by atoms with Crippen molar-refractivity contribution in [3.8, 4) is 0 Å². The molecular formula is C10H12ClFN2. The Kier molecular flexibility index (Phi) is 2.50. The molecule has 0 saturated carbocycles. The predicted octanol–water partition coefficient (Wildman–Crippen LogP) is 2.73. The summed E-state index contributed by atoms with van der Waals surface area (Å²) in [5, 5.41) is 3.38. The second-order valence-corrected chi connectivity index (χ2v) is 3.70. The van der Waals surface area contributed by atoms with Gasteiger partial charge in [0.1, 0.15) is 5.82 Å². The highest BCUT2D eigenvalue weighted by molar-refractivity contribution is 6.31. The molecule has 1 aliphatic rings. The summed E-state index contributed by atoms with van der Waals surface area (Å²) in [7, 11) is 0. The van der Waals surface area contributed by atoms with Gasteiger partial charge in [-0.05, 0) is 13.0 Å². The molecule has 1 heterocycles. The van der Waals surface area contributed by atoms with Crippen molar-refractivity contribution in [3.63, 3.8) is 0 Å².